The lowest BCUT2D eigenvalue weighted by Crippen LogP contribution is -2.16. The number of rotatable bonds is 4. The number of aromatic amines is 1. The van der Waals surface area contributed by atoms with Gasteiger partial charge in [0.15, 0.2) is 5.03 Å². The summed E-state index contributed by atoms with van der Waals surface area (Å²) in [5, 5.41) is 6.15. The van der Waals surface area contributed by atoms with E-state index in [2.05, 4.69) is 30.8 Å². The highest BCUT2D eigenvalue weighted by molar-refractivity contribution is 9.10. The van der Waals surface area contributed by atoms with Gasteiger partial charge in [-0.05, 0) is 30.7 Å². The molecule has 0 unspecified atom stereocenters. The second-order valence-corrected chi connectivity index (χ2v) is 6.59. The monoisotopic (exact) mass is 344 g/mol. The number of nitrogens with one attached hydrogen (secondary N) is 2. The Morgan fingerprint density at radius 2 is 2.16 bits per heavy atom. The van der Waals surface area contributed by atoms with Crippen LogP contribution in [0, 0.1) is 6.92 Å². The van der Waals surface area contributed by atoms with Gasteiger partial charge in [0.2, 0.25) is 0 Å². The Kier molecular flexibility index (Phi) is 3.93. The van der Waals surface area contributed by atoms with E-state index in [0.29, 0.717) is 11.3 Å². The van der Waals surface area contributed by atoms with E-state index in [0.717, 1.165) is 10.0 Å². The van der Waals surface area contributed by atoms with Crippen molar-refractivity contribution in [1.82, 2.24) is 10.2 Å². The molecular weight excluding hydrogens is 332 g/mol. The van der Waals surface area contributed by atoms with E-state index in [1.807, 2.05) is 13.0 Å². The Morgan fingerprint density at radius 1 is 1.42 bits per heavy atom. The van der Waals surface area contributed by atoms with Gasteiger partial charge in [-0.25, -0.2) is 0 Å². The maximum atomic E-state index is 12.2. The molecule has 0 aliphatic heterocycles. The first-order valence-electron chi connectivity index (χ1n) is 5.44. The van der Waals surface area contributed by atoms with Gasteiger partial charge in [0.05, 0.1) is 11.9 Å². The molecule has 0 amide bonds. The SMILES string of the molecule is Cc1cc(Br)cc(NS(=O)(=O)c2[nH]ncc2CN)c1. The molecule has 1 aromatic heterocycles. The highest BCUT2D eigenvalue weighted by Crippen LogP contribution is 2.22. The summed E-state index contributed by atoms with van der Waals surface area (Å²) in [6.45, 7) is 1.98. The highest BCUT2D eigenvalue weighted by atomic mass is 79.9. The Labute approximate surface area is 119 Å². The Bertz CT molecular complexity index is 676. The quantitative estimate of drug-likeness (QED) is 0.786. The van der Waals surface area contributed by atoms with Crippen LogP contribution in [0.2, 0.25) is 0 Å². The summed E-state index contributed by atoms with van der Waals surface area (Å²) in [5.74, 6) is 0. The molecule has 102 valence electrons. The van der Waals surface area contributed by atoms with Crippen LogP contribution in [0.15, 0.2) is 33.9 Å². The molecule has 0 radical (unpaired) electrons. The van der Waals surface area contributed by atoms with Gasteiger partial charge >= 0.3 is 0 Å². The van der Waals surface area contributed by atoms with Crippen molar-refractivity contribution in [3.8, 4) is 0 Å². The molecule has 4 N–H and O–H groups in total. The average Bonchev–Trinajstić information content (AvgIpc) is 2.75. The third-order valence-corrected chi connectivity index (χ3v) is 4.31. The van der Waals surface area contributed by atoms with Gasteiger partial charge in [-0.1, -0.05) is 15.9 Å². The van der Waals surface area contributed by atoms with Crippen molar-refractivity contribution in [2.75, 3.05) is 4.72 Å². The van der Waals surface area contributed by atoms with Crippen molar-refractivity contribution in [2.45, 2.75) is 18.5 Å². The molecule has 0 fully saturated rings. The fraction of sp³-hybridized carbons (Fsp3) is 0.182. The number of nitrogens with zero attached hydrogens (tertiary/aromatic N) is 1. The number of anilines is 1. The number of sulfonamides is 1. The van der Waals surface area contributed by atoms with Crippen LogP contribution in [-0.4, -0.2) is 18.6 Å². The number of aromatic nitrogens is 2. The van der Waals surface area contributed by atoms with Crippen LogP contribution in [0.1, 0.15) is 11.1 Å². The molecule has 1 aromatic carbocycles. The summed E-state index contributed by atoms with van der Waals surface area (Å²) in [6.07, 6.45) is 1.40. The van der Waals surface area contributed by atoms with Gasteiger partial charge in [0.1, 0.15) is 0 Å². The summed E-state index contributed by atoms with van der Waals surface area (Å²) >= 11 is 3.32. The Balaban J connectivity index is 2.36. The molecule has 0 aliphatic rings. The van der Waals surface area contributed by atoms with Crippen molar-refractivity contribution in [2.24, 2.45) is 5.73 Å². The first kappa shape index (κ1) is 14.0. The lowest BCUT2D eigenvalue weighted by Gasteiger charge is -2.09. The normalized spacial score (nSPS) is 11.5. The molecule has 8 heteroatoms. The number of halogens is 1. The first-order valence-corrected chi connectivity index (χ1v) is 7.72. The third-order valence-electron chi connectivity index (χ3n) is 2.46. The molecule has 6 nitrogen and oxygen atoms in total. The summed E-state index contributed by atoms with van der Waals surface area (Å²) < 4.78 is 27.7. The zero-order valence-electron chi connectivity index (χ0n) is 10.1. The number of hydrogen-bond donors (Lipinski definition) is 3. The van der Waals surface area contributed by atoms with Crippen LogP contribution < -0.4 is 10.5 Å². The van der Waals surface area contributed by atoms with Gasteiger partial charge in [-0.3, -0.25) is 9.82 Å². The minimum atomic E-state index is -3.72. The number of hydrogen-bond acceptors (Lipinski definition) is 4. The smallest absolute Gasteiger partial charge is 0.279 e. The standard InChI is InChI=1S/C11H13BrN4O2S/c1-7-2-9(12)4-10(3-7)16-19(17,18)11-8(5-13)6-14-15-11/h2-4,6,16H,5,13H2,1H3,(H,14,15). The van der Waals surface area contributed by atoms with Crippen LogP contribution in [0.3, 0.4) is 0 Å². The molecule has 2 rings (SSSR count). The van der Waals surface area contributed by atoms with E-state index in [-0.39, 0.29) is 11.6 Å². The van der Waals surface area contributed by atoms with Gasteiger partial charge in [-0.15, -0.1) is 0 Å². The van der Waals surface area contributed by atoms with Crippen molar-refractivity contribution < 1.29 is 8.42 Å². The minimum Gasteiger partial charge on any atom is -0.326 e. The predicted octanol–water partition coefficient (Wildman–Crippen LogP) is 1.74. The summed E-state index contributed by atoms with van der Waals surface area (Å²) in [6, 6.07) is 5.31. The first-order chi connectivity index (χ1) is 8.92. The van der Waals surface area contributed by atoms with Gasteiger partial charge in [-0.2, -0.15) is 13.5 Å². The molecule has 0 atom stereocenters. The number of nitrogens with two attached hydrogens (primary N) is 1. The van der Waals surface area contributed by atoms with Crippen LogP contribution in [0.25, 0.3) is 0 Å². The molecule has 2 aromatic rings. The number of H-pyrrole nitrogens is 1. The fourth-order valence-corrected chi connectivity index (χ4v) is 3.47. The highest BCUT2D eigenvalue weighted by Gasteiger charge is 2.20. The second kappa shape index (κ2) is 5.32. The largest absolute Gasteiger partial charge is 0.326 e. The molecule has 0 saturated carbocycles. The van der Waals surface area contributed by atoms with Crippen LogP contribution in [0.4, 0.5) is 5.69 Å². The lowest BCUT2D eigenvalue weighted by molar-refractivity contribution is 0.596. The average molecular weight is 345 g/mol. The number of benzene rings is 1. The summed E-state index contributed by atoms with van der Waals surface area (Å²) in [7, 11) is -3.72. The molecule has 0 saturated heterocycles. The van der Waals surface area contributed by atoms with Crippen molar-refractivity contribution >= 4 is 31.6 Å². The summed E-state index contributed by atoms with van der Waals surface area (Å²) in [4.78, 5) is 0. The molecule has 0 aliphatic carbocycles. The topological polar surface area (TPSA) is 101 Å². The second-order valence-electron chi connectivity index (χ2n) is 4.05. The summed E-state index contributed by atoms with van der Waals surface area (Å²) in [5.41, 5.74) is 7.33. The lowest BCUT2D eigenvalue weighted by atomic mass is 10.2. The molecule has 1 heterocycles. The molecule has 0 spiro atoms. The third kappa shape index (κ3) is 3.14. The van der Waals surface area contributed by atoms with Gasteiger partial charge in [0.25, 0.3) is 10.0 Å². The molecule has 19 heavy (non-hydrogen) atoms. The van der Waals surface area contributed by atoms with Crippen molar-refractivity contribution in [3.05, 3.63) is 40.0 Å². The van der Waals surface area contributed by atoms with E-state index in [1.54, 1.807) is 12.1 Å². The van der Waals surface area contributed by atoms with Crippen LogP contribution >= 0.6 is 15.9 Å². The minimum absolute atomic E-state index is 0.00683. The zero-order valence-corrected chi connectivity index (χ0v) is 12.5. The van der Waals surface area contributed by atoms with E-state index >= 15 is 0 Å². The zero-order chi connectivity index (χ0) is 14.0. The molecule has 0 bridgehead atoms. The van der Waals surface area contributed by atoms with E-state index in [4.69, 9.17) is 5.73 Å². The van der Waals surface area contributed by atoms with Crippen LogP contribution in [-0.2, 0) is 16.6 Å². The predicted molar refractivity (Wildman–Crippen MR) is 76.2 cm³/mol. The Morgan fingerprint density at radius 3 is 2.79 bits per heavy atom. The van der Waals surface area contributed by atoms with E-state index in [1.165, 1.54) is 6.20 Å². The van der Waals surface area contributed by atoms with Crippen molar-refractivity contribution in [3.63, 3.8) is 0 Å². The van der Waals surface area contributed by atoms with Gasteiger partial charge in [0, 0.05) is 16.6 Å². The fourth-order valence-electron chi connectivity index (χ4n) is 1.68. The van der Waals surface area contributed by atoms with E-state index in [9.17, 15) is 8.42 Å². The van der Waals surface area contributed by atoms with E-state index < -0.39 is 10.0 Å². The maximum Gasteiger partial charge on any atom is 0.279 e. The van der Waals surface area contributed by atoms with Crippen molar-refractivity contribution in [1.29, 1.82) is 0 Å². The number of aryl methyl sites for hydroxylation is 1. The Hall–Kier alpha value is -1.38. The molecular formula is C11H13BrN4O2S. The maximum absolute atomic E-state index is 12.2. The van der Waals surface area contributed by atoms with Gasteiger partial charge < -0.3 is 5.73 Å². The van der Waals surface area contributed by atoms with Crippen LogP contribution in [0.5, 0.6) is 0 Å².